The fourth-order valence-electron chi connectivity index (χ4n) is 4.80. The van der Waals surface area contributed by atoms with Gasteiger partial charge >= 0.3 is 6.98 Å². The van der Waals surface area contributed by atoms with E-state index in [0.717, 1.165) is 0 Å². The van der Waals surface area contributed by atoms with E-state index in [1.165, 1.54) is 43.3 Å². The molecule has 0 spiro atoms. The summed E-state index contributed by atoms with van der Waals surface area (Å²) in [6, 6.07) is 30.6. The predicted octanol–water partition coefficient (Wildman–Crippen LogP) is 5.48. The normalized spacial score (nSPS) is 13.9. The average molecular weight is 389 g/mol. The fraction of sp³-hybridized carbons (Fsp3) is 0. The molecule has 2 aliphatic rings. The number of anilines is 3. The Balaban J connectivity index is 1.64. The molecule has 0 amide bonds. The summed E-state index contributed by atoms with van der Waals surface area (Å²) in [4.78, 5) is 3.77. The van der Waals surface area contributed by atoms with Crippen molar-refractivity contribution in [2.24, 2.45) is 0 Å². The van der Waals surface area contributed by atoms with Crippen molar-refractivity contribution in [3.8, 4) is 0 Å². The number of hydrogen-bond donors (Lipinski definition) is 0. The van der Waals surface area contributed by atoms with Gasteiger partial charge in [0.15, 0.2) is 0 Å². The molecule has 0 atom stereocenters. The molecular formula is C24H16BN3S. The molecule has 0 aliphatic carbocycles. The Morgan fingerprint density at radius 2 is 1.52 bits per heavy atom. The highest BCUT2D eigenvalue weighted by molar-refractivity contribution is 8.00. The Labute approximate surface area is 173 Å². The zero-order valence-corrected chi connectivity index (χ0v) is 16.4. The molecule has 0 bridgehead atoms. The van der Waals surface area contributed by atoms with E-state index in [9.17, 15) is 0 Å². The van der Waals surface area contributed by atoms with Crippen LogP contribution in [-0.4, -0.2) is 15.9 Å². The maximum Gasteiger partial charge on any atom is 0.424 e. The zero-order valence-electron chi connectivity index (χ0n) is 15.6. The Morgan fingerprint density at radius 3 is 2.45 bits per heavy atom. The first-order valence-corrected chi connectivity index (χ1v) is 10.6. The molecular weight excluding hydrogens is 373 g/mol. The number of para-hydroxylation sites is 1. The summed E-state index contributed by atoms with van der Waals surface area (Å²) in [6.07, 6.45) is 4.41. The summed E-state index contributed by atoms with van der Waals surface area (Å²) in [6.45, 7) is 0.140. The van der Waals surface area contributed by atoms with Crippen LogP contribution in [0, 0.1) is 0 Å². The molecule has 29 heavy (non-hydrogen) atoms. The molecule has 0 unspecified atom stereocenters. The second-order valence-corrected chi connectivity index (χ2v) is 8.56. The molecule has 4 heterocycles. The summed E-state index contributed by atoms with van der Waals surface area (Å²) in [5.41, 5.74) is 3.84. The Bertz CT molecular complexity index is 1400. The highest BCUT2D eigenvalue weighted by atomic mass is 32.2. The summed E-state index contributed by atoms with van der Waals surface area (Å²) < 4.78 is 4.80. The van der Waals surface area contributed by atoms with Crippen LogP contribution in [-0.2, 0) is 0 Å². The summed E-state index contributed by atoms with van der Waals surface area (Å²) in [7, 11) is 0. The Morgan fingerprint density at radius 1 is 0.724 bits per heavy atom. The maximum atomic E-state index is 2.40. The molecule has 0 saturated heterocycles. The van der Waals surface area contributed by atoms with Crippen LogP contribution in [0.4, 0.5) is 17.2 Å². The lowest BCUT2D eigenvalue weighted by atomic mass is 9.64. The van der Waals surface area contributed by atoms with Crippen LogP contribution in [0.5, 0.6) is 0 Å². The van der Waals surface area contributed by atoms with E-state index in [1.807, 2.05) is 11.8 Å². The van der Waals surface area contributed by atoms with Crippen LogP contribution >= 0.6 is 11.8 Å². The third-order valence-corrected chi connectivity index (χ3v) is 7.19. The number of benzene rings is 3. The lowest BCUT2D eigenvalue weighted by Gasteiger charge is -2.40. The largest absolute Gasteiger partial charge is 0.424 e. The minimum Gasteiger partial charge on any atom is -0.362 e. The van der Waals surface area contributed by atoms with Crippen LogP contribution in [0.2, 0.25) is 0 Å². The molecule has 2 aliphatic heterocycles. The second-order valence-electron chi connectivity index (χ2n) is 7.53. The third-order valence-electron chi connectivity index (χ3n) is 5.99. The second kappa shape index (κ2) is 5.61. The van der Waals surface area contributed by atoms with Gasteiger partial charge in [0.05, 0.1) is 5.03 Å². The highest BCUT2D eigenvalue weighted by Gasteiger charge is 2.41. The van der Waals surface area contributed by atoms with Crippen molar-refractivity contribution in [1.82, 2.24) is 8.96 Å². The van der Waals surface area contributed by atoms with Crippen LogP contribution in [0.25, 0.3) is 10.8 Å². The van der Waals surface area contributed by atoms with Gasteiger partial charge in [0, 0.05) is 21.7 Å². The molecule has 3 nitrogen and oxygen atoms in total. The van der Waals surface area contributed by atoms with Crippen molar-refractivity contribution in [2.75, 3.05) is 4.90 Å². The smallest absolute Gasteiger partial charge is 0.362 e. The minimum absolute atomic E-state index is 0.140. The molecule has 5 heteroatoms. The first kappa shape index (κ1) is 15.6. The minimum atomic E-state index is 0.140. The van der Waals surface area contributed by atoms with Crippen molar-refractivity contribution in [2.45, 2.75) is 9.92 Å². The van der Waals surface area contributed by atoms with Gasteiger partial charge < -0.3 is 8.96 Å². The Kier molecular flexibility index (Phi) is 3.02. The number of nitrogens with zero attached hydrogens (tertiary/aromatic N) is 3. The van der Waals surface area contributed by atoms with Gasteiger partial charge in [-0.25, -0.2) is 0 Å². The first-order chi connectivity index (χ1) is 14.4. The number of fused-ring (bicyclic) bond motifs is 6. The molecule has 0 N–H and O–H groups in total. The lowest BCUT2D eigenvalue weighted by molar-refractivity contribution is 0.961. The number of aromatic nitrogens is 2. The van der Waals surface area contributed by atoms with E-state index in [4.69, 9.17) is 0 Å². The van der Waals surface area contributed by atoms with Crippen LogP contribution in [0.3, 0.4) is 0 Å². The van der Waals surface area contributed by atoms with Crippen molar-refractivity contribution < 1.29 is 0 Å². The van der Waals surface area contributed by atoms with Gasteiger partial charge in [0.1, 0.15) is 5.82 Å². The maximum absolute atomic E-state index is 2.40. The summed E-state index contributed by atoms with van der Waals surface area (Å²) in [5.74, 6) is 1.20. The van der Waals surface area contributed by atoms with E-state index in [2.05, 4.69) is 111 Å². The van der Waals surface area contributed by atoms with Gasteiger partial charge in [0.2, 0.25) is 0 Å². The molecule has 2 aromatic heterocycles. The topological polar surface area (TPSA) is 13.1 Å². The molecule has 0 fully saturated rings. The molecule has 5 aromatic rings. The fourth-order valence-corrected chi connectivity index (χ4v) is 6.03. The number of hydrogen-bond acceptors (Lipinski definition) is 2. The van der Waals surface area contributed by atoms with Gasteiger partial charge in [-0.1, -0.05) is 54.2 Å². The van der Waals surface area contributed by atoms with Crippen molar-refractivity contribution in [1.29, 1.82) is 0 Å². The van der Waals surface area contributed by atoms with E-state index in [0.29, 0.717) is 0 Å². The van der Waals surface area contributed by atoms with Gasteiger partial charge in [-0.2, -0.15) is 0 Å². The number of rotatable bonds is 1. The van der Waals surface area contributed by atoms with Gasteiger partial charge in [-0.15, -0.1) is 0 Å². The third kappa shape index (κ3) is 2.00. The van der Waals surface area contributed by atoms with Crippen molar-refractivity contribution >= 4 is 52.2 Å². The molecule has 0 saturated carbocycles. The van der Waals surface area contributed by atoms with Gasteiger partial charge in [-0.05, 0) is 65.6 Å². The lowest BCUT2D eigenvalue weighted by Crippen LogP contribution is -2.53. The standard InChI is InChI=1S/C24H16BN3S/c1-2-9-18(10-3-1)28-20-16-17-8-4-5-11-19(17)24-23(20)25(26-14-6-12-21(26)28)27-15-7-13-22(27)29-24/h1-16H. The summed E-state index contributed by atoms with van der Waals surface area (Å²) >= 11 is 1.88. The van der Waals surface area contributed by atoms with E-state index < -0.39 is 0 Å². The molecule has 136 valence electrons. The van der Waals surface area contributed by atoms with Gasteiger partial charge in [0.25, 0.3) is 0 Å². The predicted molar refractivity (Wildman–Crippen MR) is 121 cm³/mol. The first-order valence-electron chi connectivity index (χ1n) is 9.82. The van der Waals surface area contributed by atoms with Crippen LogP contribution in [0.1, 0.15) is 0 Å². The average Bonchev–Trinajstić information content (AvgIpc) is 3.43. The Hall–Kier alpha value is -3.31. The quantitative estimate of drug-likeness (QED) is 0.345. The van der Waals surface area contributed by atoms with E-state index in [-0.39, 0.29) is 6.98 Å². The van der Waals surface area contributed by atoms with Crippen LogP contribution in [0.15, 0.2) is 107 Å². The summed E-state index contributed by atoms with van der Waals surface area (Å²) in [5, 5.41) is 3.91. The zero-order chi connectivity index (χ0) is 18.9. The van der Waals surface area contributed by atoms with Crippen molar-refractivity contribution in [3.63, 3.8) is 0 Å². The van der Waals surface area contributed by atoms with Crippen molar-refractivity contribution in [3.05, 3.63) is 97.3 Å². The molecule has 7 rings (SSSR count). The highest BCUT2D eigenvalue weighted by Crippen LogP contribution is 2.46. The van der Waals surface area contributed by atoms with E-state index >= 15 is 0 Å². The SMILES string of the molecule is c1ccc(N2c3cc4ccccc4c4c3B(n3cccc3S4)n3cccc32)cc1. The molecule has 0 radical (unpaired) electrons. The molecule has 3 aromatic carbocycles. The van der Waals surface area contributed by atoms with Gasteiger partial charge in [-0.3, -0.25) is 4.90 Å². The van der Waals surface area contributed by atoms with E-state index in [1.54, 1.807) is 0 Å². The monoisotopic (exact) mass is 389 g/mol. The van der Waals surface area contributed by atoms with Crippen LogP contribution < -0.4 is 10.4 Å².